The zero-order valence-corrected chi connectivity index (χ0v) is 12.1. The minimum Gasteiger partial charge on any atom is -0.289 e. The maximum absolute atomic E-state index is 12.2. The Balaban J connectivity index is 2.16. The molecule has 1 aromatic rings. The number of imidazole rings is 1. The van der Waals surface area contributed by atoms with Crippen molar-refractivity contribution in [1.82, 2.24) is 13.9 Å². The summed E-state index contributed by atoms with van der Waals surface area (Å²) in [7, 11) is 0. The van der Waals surface area contributed by atoms with E-state index in [2.05, 4.69) is 13.9 Å². The molecule has 0 amide bonds. The van der Waals surface area contributed by atoms with Crippen LogP contribution in [0.2, 0.25) is 0 Å². The third-order valence-corrected chi connectivity index (χ3v) is 4.74. The van der Waals surface area contributed by atoms with E-state index in [1.54, 1.807) is 6.07 Å². The Morgan fingerprint density at radius 2 is 1.90 bits per heavy atom. The number of para-hydroxylation sites is 1. The Hall–Kier alpha value is -2.53. The summed E-state index contributed by atoms with van der Waals surface area (Å²) in [6, 6.07) is 13.6. The molecular weight excluding hydrogens is 282 g/mol. The highest BCUT2D eigenvalue weighted by Crippen LogP contribution is 2.23. The van der Waals surface area contributed by atoms with Crippen LogP contribution in [0.15, 0.2) is 53.6 Å². The number of hydrogen-bond donors (Lipinski definition) is 0. The van der Waals surface area contributed by atoms with Crippen molar-refractivity contribution >= 4 is 11.5 Å². The first-order valence-corrected chi connectivity index (χ1v) is 7.34. The van der Waals surface area contributed by atoms with E-state index in [4.69, 9.17) is 0 Å². The molecule has 0 N–H and O–H groups in total. The third-order valence-electron chi connectivity index (χ3n) is 3.47. The summed E-state index contributed by atoms with van der Waals surface area (Å²) in [6.07, 6.45) is 1.50. The van der Waals surface area contributed by atoms with E-state index >= 15 is 0 Å². The zero-order chi connectivity index (χ0) is 14.4. The van der Waals surface area contributed by atoms with Crippen molar-refractivity contribution in [2.45, 2.75) is 6.92 Å². The lowest BCUT2D eigenvalue weighted by molar-refractivity contribution is 1.08. The lowest BCUT2D eigenvalue weighted by Crippen LogP contribution is -2.07. The second-order valence-electron chi connectivity index (χ2n) is 4.87. The van der Waals surface area contributed by atoms with Gasteiger partial charge in [0.25, 0.3) is 0 Å². The van der Waals surface area contributed by atoms with Gasteiger partial charge in [-0.15, -0.1) is 0 Å². The van der Waals surface area contributed by atoms with Gasteiger partial charge in [0.15, 0.2) is 5.43 Å². The molecule has 3 aliphatic rings. The summed E-state index contributed by atoms with van der Waals surface area (Å²) in [4.78, 5) is 20.7. The Kier molecular flexibility index (Phi) is 2.62. The fourth-order valence-electron chi connectivity index (χ4n) is 2.48. The van der Waals surface area contributed by atoms with Crippen LogP contribution in [0, 0.1) is 16.7 Å². The summed E-state index contributed by atoms with van der Waals surface area (Å²) in [5.74, 6) is 0. The van der Waals surface area contributed by atoms with Gasteiger partial charge in [0.05, 0.1) is 15.9 Å². The number of rotatable bonds is 1. The van der Waals surface area contributed by atoms with Gasteiger partial charge in [-0.2, -0.15) is 0 Å². The van der Waals surface area contributed by atoms with Gasteiger partial charge in [-0.05, 0) is 25.1 Å². The molecule has 0 unspecified atom stereocenters. The molecule has 0 spiro atoms. The van der Waals surface area contributed by atoms with E-state index in [-0.39, 0.29) is 5.43 Å². The zero-order valence-electron chi connectivity index (χ0n) is 11.3. The maximum Gasteiger partial charge on any atom is 0.189 e. The van der Waals surface area contributed by atoms with Crippen LogP contribution >= 0.6 is 11.5 Å². The molecule has 0 radical (unpaired) electrons. The molecule has 0 saturated carbocycles. The predicted molar refractivity (Wildman–Crippen MR) is 82.2 cm³/mol. The van der Waals surface area contributed by atoms with Crippen molar-refractivity contribution in [3.05, 3.63) is 74.5 Å². The Labute approximate surface area is 124 Å². The first-order chi connectivity index (χ1) is 10.2. The van der Waals surface area contributed by atoms with E-state index < -0.39 is 0 Å². The lowest BCUT2D eigenvalue weighted by Gasteiger charge is -2.10. The highest BCUT2D eigenvalue weighted by atomic mass is 32.1. The van der Waals surface area contributed by atoms with E-state index in [0.717, 1.165) is 21.6 Å². The number of benzene rings is 1. The van der Waals surface area contributed by atoms with Crippen molar-refractivity contribution in [1.29, 1.82) is 0 Å². The van der Waals surface area contributed by atoms with Crippen LogP contribution in [0.3, 0.4) is 0 Å². The van der Waals surface area contributed by atoms with E-state index in [0.29, 0.717) is 10.9 Å². The van der Waals surface area contributed by atoms with E-state index in [9.17, 15) is 4.79 Å². The van der Waals surface area contributed by atoms with Gasteiger partial charge in [0, 0.05) is 17.0 Å². The number of aromatic nitrogens is 3. The second-order valence-corrected chi connectivity index (χ2v) is 5.82. The number of aryl methyl sites for hydroxylation is 1. The molecule has 4 rings (SSSR count). The Bertz CT molecular complexity index is 1020. The second kappa shape index (κ2) is 4.49. The fourth-order valence-corrected chi connectivity index (χ4v) is 3.59. The molecule has 2 aliphatic heterocycles. The van der Waals surface area contributed by atoms with Crippen molar-refractivity contribution < 1.29 is 0 Å². The van der Waals surface area contributed by atoms with Crippen LogP contribution in [-0.4, -0.2) is 13.9 Å². The van der Waals surface area contributed by atoms with E-state index in [1.165, 1.54) is 17.9 Å². The molecule has 5 heteroatoms. The van der Waals surface area contributed by atoms with Crippen LogP contribution in [0.1, 0.15) is 5.69 Å². The average Bonchev–Trinajstić information content (AvgIpc) is 2.96. The highest BCUT2D eigenvalue weighted by molar-refractivity contribution is 7.05. The molecule has 102 valence electrons. The summed E-state index contributed by atoms with van der Waals surface area (Å²) >= 11 is 1.53. The molecule has 4 nitrogen and oxygen atoms in total. The monoisotopic (exact) mass is 293 g/mol. The molecule has 2 heterocycles. The first kappa shape index (κ1) is 12.2. The molecule has 21 heavy (non-hydrogen) atoms. The molecule has 0 fully saturated rings. The first-order valence-electron chi connectivity index (χ1n) is 6.57. The Morgan fingerprint density at radius 1 is 1.10 bits per heavy atom. The van der Waals surface area contributed by atoms with E-state index in [1.807, 2.05) is 43.3 Å². The standard InChI is InChI=1S/C16H11N3OS/c1-10-7-12-14(20)8-13-15(18-9-17-13)16(12)21-19(10)11-5-3-2-4-6-11/h2-9H,1H3. The fraction of sp³-hybridized carbons (Fsp3) is 0.0625. The SMILES string of the molecule is Cc1cc2c(=O)cc3ncnc-3c=2sn1-c1ccccc1. The van der Waals surface area contributed by atoms with Crippen molar-refractivity contribution in [2.24, 2.45) is 0 Å². The van der Waals surface area contributed by atoms with Gasteiger partial charge in [-0.3, -0.25) is 8.75 Å². The highest BCUT2D eigenvalue weighted by Gasteiger charge is 2.13. The van der Waals surface area contributed by atoms with Crippen LogP contribution < -0.4 is 5.43 Å². The normalized spacial score (nSPS) is 11.3. The molecule has 0 bridgehead atoms. The number of fused-ring (bicyclic) bond motifs is 2. The smallest absolute Gasteiger partial charge is 0.189 e. The molecule has 0 aromatic heterocycles. The molecule has 0 atom stereocenters. The number of hydrogen-bond acceptors (Lipinski definition) is 4. The number of nitrogens with zero attached hydrogens (tertiary/aromatic N) is 3. The molecule has 1 aliphatic carbocycles. The quantitative estimate of drug-likeness (QED) is 0.542. The van der Waals surface area contributed by atoms with Crippen LogP contribution in [0.4, 0.5) is 0 Å². The van der Waals surface area contributed by atoms with Gasteiger partial charge < -0.3 is 0 Å². The summed E-state index contributed by atoms with van der Waals surface area (Å²) in [5, 5.41) is 0.706. The van der Waals surface area contributed by atoms with Gasteiger partial charge in [-0.25, -0.2) is 9.97 Å². The topological polar surface area (TPSA) is 47.8 Å². The Morgan fingerprint density at radius 3 is 2.71 bits per heavy atom. The van der Waals surface area contributed by atoms with Gasteiger partial charge in [0.2, 0.25) is 0 Å². The summed E-state index contributed by atoms with van der Waals surface area (Å²) in [5.41, 5.74) is 3.55. The molecule has 1 aromatic carbocycles. The maximum atomic E-state index is 12.2. The van der Waals surface area contributed by atoms with Crippen molar-refractivity contribution in [3.8, 4) is 17.1 Å². The largest absolute Gasteiger partial charge is 0.289 e. The molecule has 0 saturated heterocycles. The lowest BCUT2D eigenvalue weighted by atomic mass is 10.2. The predicted octanol–water partition coefficient (Wildman–Crippen LogP) is 2.83. The molecular formula is C16H11N3OS. The van der Waals surface area contributed by atoms with Crippen molar-refractivity contribution in [2.75, 3.05) is 0 Å². The third kappa shape index (κ3) is 1.86. The van der Waals surface area contributed by atoms with Gasteiger partial charge in [-0.1, -0.05) is 29.7 Å². The van der Waals surface area contributed by atoms with Crippen LogP contribution in [0.5, 0.6) is 0 Å². The minimum atomic E-state index is -0.00226. The minimum absolute atomic E-state index is 0.00226. The summed E-state index contributed by atoms with van der Waals surface area (Å²) < 4.78 is 2.99. The van der Waals surface area contributed by atoms with Crippen LogP contribution in [0.25, 0.3) is 17.1 Å². The van der Waals surface area contributed by atoms with Gasteiger partial charge >= 0.3 is 0 Å². The van der Waals surface area contributed by atoms with Gasteiger partial charge in [0.1, 0.15) is 12.0 Å². The average molecular weight is 293 g/mol. The van der Waals surface area contributed by atoms with Crippen LogP contribution in [-0.2, 0) is 0 Å². The van der Waals surface area contributed by atoms with Crippen molar-refractivity contribution in [3.63, 3.8) is 0 Å². The summed E-state index contributed by atoms with van der Waals surface area (Å²) in [6.45, 7) is 2.00.